The van der Waals surface area contributed by atoms with E-state index in [1.807, 2.05) is 20.8 Å². The Balaban J connectivity index is 1.94. The summed E-state index contributed by atoms with van der Waals surface area (Å²) in [5.74, 6) is -2.27. The molecule has 0 fully saturated rings. The SMILES string of the molecule is COC(OCOC(O)CN1C(=O)C(=O)c2cc(F)ccc21)C(C)(C)C. The summed E-state index contributed by atoms with van der Waals surface area (Å²) >= 11 is 0. The number of amides is 1. The lowest BCUT2D eigenvalue weighted by molar-refractivity contribution is -0.252. The van der Waals surface area contributed by atoms with Crippen LogP contribution >= 0.6 is 0 Å². The second-order valence-electron chi connectivity index (χ2n) is 6.75. The van der Waals surface area contributed by atoms with Gasteiger partial charge in [-0.1, -0.05) is 20.8 Å². The molecule has 1 aliphatic rings. The molecule has 1 aliphatic heterocycles. The van der Waals surface area contributed by atoms with Gasteiger partial charge in [-0.3, -0.25) is 14.5 Å². The Hall–Kier alpha value is -1.87. The van der Waals surface area contributed by atoms with E-state index in [-0.39, 0.29) is 30.0 Å². The first kappa shape index (κ1) is 19.5. The van der Waals surface area contributed by atoms with Crippen LogP contribution in [-0.4, -0.2) is 49.8 Å². The average molecular weight is 355 g/mol. The van der Waals surface area contributed by atoms with Crippen LogP contribution in [0.15, 0.2) is 18.2 Å². The lowest BCUT2D eigenvalue weighted by Crippen LogP contribution is -2.39. The molecule has 138 valence electrons. The maximum absolute atomic E-state index is 13.2. The first-order valence-corrected chi connectivity index (χ1v) is 7.75. The topological polar surface area (TPSA) is 85.3 Å². The van der Waals surface area contributed by atoms with Gasteiger partial charge >= 0.3 is 0 Å². The van der Waals surface area contributed by atoms with Gasteiger partial charge in [-0.05, 0) is 18.2 Å². The smallest absolute Gasteiger partial charge is 0.299 e. The molecule has 1 aromatic rings. The number of carbonyl (C=O) groups excluding carboxylic acids is 2. The van der Waals surface area contributed by atoms with Crippen molar-refractivity contribution in [3.63, 3.8) is 0 Å². The summed E-state index contributed by atoms with van der Waals surface area (Å²) in [6.07, 6.45) is -1.93. The van der Waals surface area contributed by atoms with Gasteiger partial charge in [0.2, 0.25) is 0 Å². The van der Waals surface area contributed by atoms with Crippen LogP contribution in [0.3, 0.4) is 0 Å². The number of methoxy groups -OCH3 is 1. The number of ketones is 1. The highest BCUT2D eigenvalue weighted by Gasteiger charge is 2.37. The Morgan fingerprint density at radius 1 is 1.24 bits per heavy atom. The third kappa shape index (κ3) is 4.40. The predicted molar refractivity (Wildman–Crippen MR) is 86.4 cm³/mol. The second-order valence-corrected chi connectivity index (χ2v) is 6.75. The molecular weight excluding hydrogens is 333 g/mol. The minimum Gasteiger partial charge on any atom is -0.366 e. The van der Waals surface area contributed by atoms with Crippen molar-refractivity contribution in [2.75, 3.05) is 25.3 Å². The summed E-state index contributed by atoms with van der Waals surface area (Å²) < 4.78 is 29.0. The van der Waals surface area contributed by atoms with Crippen molar-refractivity contribution in [2.24, 2.45) is 5.41 Å². The fourth-order valence-corrected chi connectivity index (χ4v) is 2.51. The maximum Gasteiger partial charge on any atom is 0.299 e. The van der Waals surface area contributed by atoms with Crippen molar-refractivity contribution in [2.45, 2.75) is 33.4 Å². The summed E-state index contributed by atoms with van der Waals surface area (Å²) in [6.45, 7) is 5.22. The number of ether oxygens (including phenoxy) is 3. The van der Waals surface area contributed by atoms with Gasteiger partial charge in [0.05, 0.1) is 17.8 Å². The Kier molecular flexibility index (Phi) is 5.89. The van der Waals surface area contributed by atoms with Crippen molar-refractivity contribution in [1.82, 2.24) is 0 Å². The molecule has 1 heterocycles. The number of fused-ring (bicyclic) bond motifs is 1. The van der Waals surface area contributed by atoms with E-state index in [0.29, 0.717) is 0 Å². The lowest BCUT2D eigenvalue weighted by Gasteiger charge is -2.29. The number of halogens is 1. The molecule has 1 aromatic carbocycles. The maximum atomic E-state index is 13.2. The summed E-state index contributed by atoms with van der Waals surface area (Å²) in [7, 11) is 1.50. The van der Waals surface area contributed by atoms with Crippen LogP contribution in [0.2, 0.25) is 0 Å². The fourth-order valence-electron chi connectivity index (χ4n) is 2.51. The molecular formula is C17H22FNO6. The molecule has 0 saturated carbocycles. The molecule has 25 heavy (non-hydrogen) atoms. The van der Waals surface area contributed by atoms with E-state index in [1.54, 1.807) is 0 Å². The van der Waals surface area contributed by atoms with Crippen LogP contribution in [0.4, 0.5) is 10.1 Å². The van der Waals surface area contributed by atoms with E-state index in [2.05, 4.69) is 0 Å². The van der Waals surface area contributed by atoms with Gasteiger partial charge in [0, 0.05) is 12.5 Å². The molecule has 2 unspecified atom stereocenters. The third-order valence-corrected chi connectivity index (χ3v) is 3.67. The molecule has 1 amide bonds. The van der Waals surface area contributed by atoms with Crippen molar-refractivity contribution in [3.05, 3.63) is 29.6 Å². The zero-order valence-corrected chi connectivity index (χ0v) is 14.6. The highest BCUT2D eigenvalue weighted by atomic mass is 19.1. The average Bonchev–Trinajstić information content (AvgIpc) is 2.75. The van der Waals surface area contributed by atoms with Gasteiger partial charge in [0.1, 0.15) is 5.82 Å². The van der Waals surface area contributed by atoms with E-state index in [4.69, 9.17) is 14.2 Å². The summed E-state index contributed by atoms with van der Waals surface area (Å²) in [5, 5.41) is 9.96. The standard InChI is InChI=1S/C17H22FNO6/c1-17(2,3)16(23-4)25-9-24-13(20)8-19-12-6-5-10(18)7-11(12)14(21)15(19)22/h5-7,13,16,20H,8-9H2,1-4H3. The van der Waals surface area contributed by atoms with Crippen LogP contribution in [0.1, 0.15) is 31.1 Å². The Bertz CT molecular complexity index is 657. The van der Waals surface area contributed by atoms with Crippen molar-refractivity contribution in [1.29, 1.82) is 0 Å². The van der Waals surface area contributed by atoms with Crippen LogP contribution in [0, 0.1) is 11.2 Å². The number of hydrogen-bond acceptors (Lipinski definition) is 6. The molecule has 8 heteroatoms. The number of aliphatic hydroxyl groups excluding tert-OH is 1. The first-order chi connectivity index (χ1) is 11.6. The van der Waals surface area contributed by atoms with Crippen molar-refractivity contribution < 1.29 is 33.3 Å². The number of rotatable bonds is 7. The van der Waals surface area contributed by atoms with Crippen LogP contribution in [0.5, 0.6) is 0 Å². The molecule has 0 aliphatic carbocycles. The van der Waals surface area contributed by atoms with E-state index < -0.39 is 30.1 Å². The van der Waals surface area contributed by atoms with Gasteiger partial charge in [-0.2, -0.15) is 0 Å². The highest BCUT2D eigenvalue weighted by molar-refractivity contribution is 6.52. The van der Waals surface area contributed by atoms with Gasteiger partial charge in [0.25, 0.3) is 11.7 Å². The summed E-state index contributed by atoms with van der Waals surface area (Å²) in [5.41, 5.74) is -0.0753. The molecule has 0 bridgehead atoms. The zero-order chi connectivity index (χ0) is 18.8. The Morgan fingerprint density at radius 2 is 1.92 bits per heavy atom. The van der Waals surface area contributed by atoms with Gasteiger partial charge in [-0.25, -0.2) is 4.39 Å². The lowest BCUT2D eigenvalue weighted by atomic mass is 9.96. The number of β-amino-alcohol motifs (C(OH)–C–C–N with tert-alkyl or cyclic N) is 1. The number of carbonyl (C=O) groups is 2. The van der Waals surface area contributed by atoms with Crippen LogP contribution in [0.25, 0.3) is 0 Å². The van der Waals surface area contributed by atoms with E-state index >= 15 is 0 Å². The van der Waals surface area contributed by atoms with E-state index in [1.165, 1.54) is 13.2 Å². The minimum atomic E-state index is -1.38. The highest BCUT2D eigenvalue weighted by Crippen LogP contribution is 2.29. The minimum absolute atomic E-state index is 0.0272. The fraction of sp³-hybridized carbons (Fsp3) is 0.529. The van der Waals surface area contributed by atoms with Crippen molar-refractivity contribution in [3.8, 4) is 0 Å². The van der Waals surface area contributed by atoms with Crippen LogP contribution in [-0.2, 0) is 19.0 Å². The van der Waals surface area contributed by atoms with E-state index in [0.717, 1.165) is 17.0 Å². The molecule has 0 spiro atoms. The predicted octanol–water partition coefficient (Wildman–Crippen LogP) is 1.68. The van der Waals surface area contributed by atoms with Gasteiger partial charge < -0.3 is 19.3 Å². The zero-order valence-electron chi connectivity index (χ0n) is 14.6. The molecule has 0 radical (unpaired) electrons. The number of anilines is 1. The van der Waals surface area contributed by atoms with Gasteiger partial charge in [0.15, 0.2) is 19.4 Å². The number of benzene rings is 1. The van der Waals surface area contributed by atoms with Crippen molar-refractivity contribution >= 4 is 17.4 Å². The van der Waals surface area contributed by atoms with Gasteiger partial charge in [-0.15, -0.1) is 0 Å². The Labute approximate surface area is 145 Å². The molecule has 2 atom stereocenters. The number of aliphatic hydroxyl groups is 1. The van der Waals surface area contributed by atoms with E-state index in [9.17, 15) is 19.1 Å². The second kappa shape index (κ2) is 7.57. The molecule has 1 N–H and O–H groups in total. The monoisotopic (exact) mass is 355 g/mol. The summed E-state index contributed by atoms with van der Waals surface area (Å²) in [6, 6.07) is 3.45. The van der Waals surface area contributed by atoms with Crippen LogP contribution < -0.4 is 4.90 Å². The number of Topliss-reactive ketones (excluding diaryl/α,β-unsaturated/α-hetero) is 1. The quantitative estimate of drug-likeness (QED) is 0.592. The number of nitrogens with zero attached hydrogens (tertiary/aromatic N) is 1. The first-order valence-electron chi connectivity index (χ1n) is 7.75. The molecule has 0 aromatic heterocycles. The normalized spacial score (nSPS) is 17.0. The summed E-state index contributed by atoms with van der Waals surface area (Å²) in [4.78, 5) is 24.9. The molecule has 0 saturated heterocycles. The largest absolute Gasteiger partial charge is 0.366 e. The number of hydrogen-bond donors (Lipinski definition) is 1. The molecule has 7 nitrogen and oxygen atoms in total. The third-order valence-electron chi connectivity index (χ3n) is 3.67. The molecule has 2 rings (SSSR count). The Morgan fingerprint density at radius 3 is 2.52 bits per heavy atom.